The summed E-state index contributed by atoms with van der Waals surface area (Å²) in [7, 11) is 0. The Kier molecular flexibility index (Phi) is 4.90. The summed E-state index contributed by atoms with van der Waals surface area (Å²) in [5, 5.41) is 10.2. The molecule has 0 unspecified atom stereocenters. The molecule has 25 heavy (non-hydrogen) atoms. The molecular formula is C19H23NO5. The van der Waals surface area contributed by atoms with Gasteiger partial charge in [0.25, 0.3) is 0 Å². The van der Waals surface area contributed by atoms with Crippen LogP contribution in [0.15, 0.2) is 24.3 Å². The van der Waals surface area contributed by atoms with Crippen LogP contribution in [0.3, 0.4) is 0 Å². The van der Waals surface area contributed by atoms with Crippen molar-refractivity contribution in [3.63, 3.8) is 0 Å². The van der Waals surface area contributed by atoms with Gasteiger partial charge in [0, 0.05) is 12.0 Å². The normalized spacial score (nSPS) is 20.3. The summed E-state index contributed by atoms with van der Waals surface area (Å²) in [5.74, 6) is 0.0522. The molecule has 6 nitrogen and oxygen atoms in total. The quantitative estimate of drug-likeness (QED) is 0.629. The average Bonchev–Trinajstić information content (AvgIpc) is 3.14. The lowest BCUT2D eigenvalue weighted by molar-refractivity contribution is -0.143. The van der Waals surface area contributed by atoms with Gasteiger partial charge in [-0.15, -0.1) is 0 Å². The lowest BCUT2D eigenvalue weighted by Crippen LogP contribution is -2.41. The Morgan fingerprint density at radius 1 is 1.32 bits per heavy atom. The molecule has 0 radical (unpaired) electrons. The number of likely N-dealkylation sites (tertiary alicyclic amines) is 1. The number of nitrogens with zero attached hydrogens (tertiary/aromatic N) is 1. The number of imide groups is 1. The third-order valence-corrected chi connectivity index (χ3v) is 5.13. The van der Waals surface area contributed by atoms with Crippen molar-refractivity contribution in [2.75, 3.05) is 13.2 Å². The number of hydrogen-bond donors (Lipinski definition) is 1. The van der Waals surface area contributed by atoms with E-state index < -0.39 is 11.5 Å². The van der Waals surface area contributed by atoms with Gasteiger partial charge >= 0.3 is 0 Å². The van der Waals surface area contributed by atoms with E-state index in [2.05, 4.69) is 0 Å². The number of rotatable bonds is 6. The van der Waals surface area contributed by atoms with E-state index in [-0.39, 0.29) is 37.2 Å². The molecule has 1 saturated heterocycles. The van der Waals surface area contributed by atoms with Crippen molar-refractivity contribution < 1.29 is 24.2 Å². The molecule has 1 aliphatic heterocycles. The minimum absolute atomic E-state index is 0.0498. The van der Waals surface area contributed by atoms with Crippen LogP contribution in [0.2, 0.25) is 0 Å². The van der Waals surface area contributed by atoms with Gasteiger partial charge in [0.1, 0.15) is 18.5 Å². The molecule has 1 heterocycles. The first-order valence-corrected chi connectivity index (χ1v) is 8.68. The molecular weight excluding hydrogens is 322 g/mol. The first-order chi connectivity index (χ1) is 11.9. The zero-order valence-corrected chi connectivity index (χ0v) is 14.4. The molecule has 1 N–H and O–H groups in total. The van der Waals surface area contributed by atoms with Crippen molar-refractivity contribution in [2.45, 2.75) is 45.1 Å². The van der Waals surface area contributed by atoms with Gasteiger partial charge in [-0.05, 0) is 31.9 Å². The van der Waals surface area contributed by atoms with Crippen LogP contribution in [-0.2, 0) is 9.59 Å². The molecule has 2 amide bonds. The number of hydrogen-bond acceptors (Lipinski definition) is 5. The number of β-amino-alcohol motifs (C(OH)–C–C–N with tert-alkyl or cyclic N) is 1. The molecule has 1 aromatic rings. The number of Topliss-reactive ketones (excluding diaryl/α,β-unsaturated/α-hetero) is 1. The van der Waals surface area contributed by atoms with Gasteiger partial charge in [-0.2, -0.15) is 0 Å². The first kappa shape index (κ1) is 17.6. The molecule has 2 aliphatic rings. The summed E-state index contributed by atoms with van der Waals surface area (Å²) in [6, 6.07) is 6.69. The second kappa shape index (κ2) is 6.96. The fraction of sp³-hybridized carbons (Fsp3) is 0.526. The summed E-state index contributed by atoms with van der Waals surface area (Å²) >= 11 is 0. The molecule has 1 aromatic carbocycles. The maximum absolute atomic E-state index is 12.6. The van der Waals surface area contributed by atoms with Crippen molar-refractivity contribution in [1.29, 1.82) is 0 Å². The summed E-state index contributed by atoms with van der Waals surface area (Å²) < 4.78 is 5.50. The third-order valence-electron chi connectivity index (χ3n) is 5.13. The summed E-state index contributed by atoms with van der Waals surface area (Å²) in [6.45, 7) is 1.37. The smallest absolute Gasteiger partial charge is 0.235 e. The number of ether oxygens (including phenoxy) is 1. The van der Waals surface area contributed by atoms with Gasteiger partial charge in [0.2, 0.25) is 11.8 Å². The Morgan fingerprint density at radius 2 is 2.04 bits per heavy atom. The van der Waals surface area contributed by atoms with Crippen LogP contribution in [0.4, 0.5) is 0 Å². The van der Waals surface area contributed by atoms with Gasteiger partial charge in [-0.1, -0.05) is 25.0 Å². The fourth-order valence-corrected chi connectivity index (χ4v) is 3.75. The molecule has 6 heteroatoms. The molecule has 0 aromatic heterocycles. The molecule has 1 saturated carbocycles. The summed E-state index contributed by atoms with van der Waals surface area (Å²) in [4.78, 5) is 37.3. The summed E-state index contributed by atoms with van der Waals surface area (Å²) in [5.41, 5.74) is 0.00748. The molecule has 1 atom stereocenters. The topological polar surface area (TPSA) is 83.9 Å². The van der Waals surface area contributed by atoms with E-state index in [0.717, 1.165) is 25.7 Å². The van der Waals surface area contributed by atoms with E-state index >= 15 is 0 Å². The van der Waals surface area contributed by atoms with E-state index in [0.29, 0.717) is 11.3 Å². The molecule has 1 spiro atoms. The SMILES string of the molecule is CC(=O)c1cccc(OC[C@@H](O)CN2C(=O)CC3(CCCC3)C2=O)c1. The maximum Gasteiger partial charge on any atom is 0.235 e. The molecule has 3 rings (SSSR count). The van der Waals surface area contributed by atoms with Crippen molar-refractivity contribution in [1.82, 2.24) is 4.90 Å². The zero-order chi connectivity index (χ0) is 18.0. The highest BCUT2D eigenvalue weighted by Gasteiger charge is 2.52. The van der Waals surface area contributed by atoms with Crippen LogP contribution in [0.25, 0.3) is 0 Å². The highest BCUT2D eigenvalue weighted by Crippen LogP contribution is 2.46. The van der Waals surface area contributed by atoms with E-state index in [1.165, 1.54) is 11.8 Å². The minimum atomic E-state index is -0.967. The Bertz CT molecular complexity index is 693. The van der Waals surface area contributed by atoms with Crippen molar-refractivity contribution >= 4 is 17.6 Å². The Labute approximate surface area is 146 Å². The Balaban J connectivity index is 1.57. The summed E-state index contributed by atoms with van der Waals surface area (Å²) in [6.07, 6.45) is 2.78. The predicted octanol–water partition coefficient (Wildman–Crippen LogP) is 1.95. The Morgan fingerprint density at radius 3 is 2.72 bits per heavy atom. The minimum Gasteiger partial charge on any atom is -0.491 e. The van der Waals surface area contributed by atoms with E-state index in [1.54, 1.807) is 24.3 Å². The first-order valence-electron chi connectivity index (χ1n) is 8.68. The largest absolute Gasteiger partial charge is 0.491 e. The van der Waals surface area contributed by atoms with Crippen LogP contribution in [-0.4, -0.2) is 46.9 Å². The van der Waals surface area contributed by atoms with Gasteiger partial charge in [0.05, 0.1) is 12.0 Å². The van der Waals surface area contributed by atoms with E-state index in [4.69, 9.17) is 4.74 Å². The van der Waals surface area contributed by atoms with Gasteiger partial charge in [-0.3, -0.25) is 19.3 Å². The number of ketones is 1. The maximum atomic E-state index is 12.6. The number of amides is 2. The standard InChI is InChI=1S/C19H23NO5/c1-13(21)14-5-4-6-16(9-14)25-12-15(22)11-20-17(23)10-19(18(20)24)7-2-3-8-19/h4-6,9,15,22H,2-3,7-8,10-12H2,1H3/t15-/m0/s1. The highest BCUT2D eigenvalue weighted by molar-refractivity contribution is 6.06. The highest BCUT2D eigenvalue weighted by atomic mass is 16.5. The lowest BCUT2D eigenvalue weighted by atomic mass is 9.84. The molecule has 1 aliphatic carbocycles. The predicted molar refractivity (Wildman–Crippen MR) is 90.2 cm³/mol. The second-order valence-corrected chi connectivity index (χ2v) is 7.02. The van der Waals surface area contributed by atoms with Crippen LogP contribution in [0.1, 0.15) is 49.4 Å². The molecule has 0 bridgehead atoms. The monoisotopic (exact) mass is 345 g/mol. The Hall–Kier alpha value is -2.21. The van der Waals surface area contributed by atoms with Gasteiger partial charge in [0.15, 0.2) is 5.78 Å². The van der Waals surface area contributed by atoms with Crippen molar-refractivity contribution in [3.05, 3.63) is 29.8 Å². The lowest BCUT2D eigenvalue weighted by Gasteiger charge is -2.23. The van der Waals surface area contributed by atoms with Crippen molar-refractivity contribution in [2.24, 2.45) is 5.41 Å². The number of carbonyl (C=O) groups is 3. The van der Waals surface area contributed by atoms with E-state index in [9.17, 15) is 19.5 Å². The van der Waals surface area contributed by atoms with Gasteiger partial charge < -0.3 is 9.84 Å². The molecule has 2 fully saturated rings. The number of benzene rings is 1. The van der Waals surface area contributed by atoms with Gasteiger partial charge in [-0.25, -0.2) is 0 Å². The van der Waals surface area contributed by atoms with Crippen LogP contribution in [0, 0.1) is 5.41 Å². The third kappa shape index (κ3) is 3.58. The number of carbonyl (C=O) groups excluding carboxylic acids is 3. The van der Waals surface area contributed by atoms with Crippen LogP contribution < -0.4 is 4.74 Å². The van der Waals surface area contributed by atoms with Crippen LogP contribution in [0.5, 0.6) is 5.75 Å². The fourth-order valence-electron chi connectivity index (χ4n) is 3.75. The van der Waals surface area contributed by atoms with Crippen molar-refractivity contribution in [3.8, 4) is 5.75 Å². The number of aliphatic hydroxyl groups excluding tert-OH is 1. The second-order valence-electron chi connectivity index (χ2n) is 7.02. The number of aliphatic hydroxyl groups is 1. The molecule has 134 valence electrons. The average molecular weight is 345 g/mol. The van der Waals surface area contributed by atoms with Crippen LogP contribution >= 0.6 is 0 Å². The van der Waals surface area contributed by atoms with E-state index in [1.807, 2.05) is 0 Å². The zero-order valence-electron chi connectivity index (χ0n) is 14.4.